The van der Waals surface area contributed by atoms with Crippen LogP contribution in [0.15, 0.2) is 53.1 Å². The zero-order valence-corrected chi connectivity index (χ0v) is 15.2. The number of hydrogen-bond donors (Lipinski definition) is 2. The zero-order chi connectivity index (χ0) is 19.4. The van der Waals surface area contributed by atoms with Crippen molar-refractivity contribution in [3.8, 4) is 5.75 Å². The molecule has 0 aliphatic carbocycles. The number of nitrogens with one attached hydrogen (secondary N) is 1. The quantitative estimate of drug-likeness (QED) is 0.653. The molecule has 6 nitrogen and oxygen atoms in total. The fraction of sp³-hybridized carbons (Fsp3) is 0.238. The standard InChI is InChI=1S/C21H21NO5/c1-13-3-5-15(6-4-13)11-22-21(25)14(2)27-20(24)9-16-12-26-19-10-17(23)7-8-18(16)19/h3-8,10,12,14,23H,9,11H2,1-2H3,(H,22,25)/t14-/m0/s1. The highest BCUT2D eigenvalue weighted by molar-refractivity contribution is 5.88. The van der Waals surface area contributed by atoms with Gasteiger partial charge in [0.15, 0.2) is 6.10 Å². The van der Waals surface area contributed by atoms with Crippen molar-refractivity contribution in [2.75, 3.05) is 0 Å². The molecule has 1 aromatic heterocycles. The van der Waals surface area contributed by atoms with Crippen molar-refractivity contribution in [2.45, 2.75) is 32.9 Å². The second-order valence-electron chi connectivity index (χ2n) is 6.45. The van der Waals surface area contributed by atoms with E-state index in [0.29, 0.717) is 17.7 Å². The van der Waals surface area contributed by atoms with E-state index in [0.717, 1.165) is 16.5 Å². The molecule has 0 saturated heterocycles. The highest BCUT2D eigenvalue weighted by atomic mass is 16.5. The van der Waals surface area contributed by atoms with Gasteiger partial charge in [-0.2, -0.15) is 0 Å². The summed E-state index contributed by atoms with van der Waals surface area (Å²) in [6.45, 7) is 3.90. The van der Waals surface area contributed by atoms with Gasteiger partial charge >= 0.3 is 5.97 Å². The largest absolute Gasteiger partial charge is 0.508 e. The number of aromatic hydroxyl groups is 1. The second-order valence-corrected chi connectivity index (χ2v) is 6.45. The monoisotopic (exact) mass is 367 g/mol. The van der Waals surface area contributed by atoms with Crippen LogP contribution < -0.4 is 5.32 Å². The van der Waals surface area contributed by atoms with Crippen molar-refractivity contribution in [3.63, 3.8) is 0 Å². The van der Waals surface area contributed by atoms with Gasteiger partial charge in [-0.15, -0.1) is 0 Å². The van der Waals surface area contributed by atoms with Crippen molar-refractivity contribution < 1.29 is 23.8 Å². The van der Waals surface area contributed by atoms with Crippen LogP contribution in [-0.4, -0.2) is 23.1 Å². The van der Waals surface area contributed by atoms with E-state index in [1.165, 1.54) is 25.3 Å². The molecule has 0 aliphatic heterocycles. The molecule has 3 rings (SSSR count). The molecule has 140 valence electrons. The van der Waals surface area contributed by atoms with Gasteiger partial charge in [0.2, 0.25) is 0 Å². The number of benzene rings is 2. The Hall–Kier alpha value is -3.28. The minimum Gasteiger partial charge on any atom is -0.508 e. The summed E-state index contributed by atoms with van der Waals surface area (Å²) in [6, 6.07) is 12.5. The third-order valence-corrected chi connectivity index (χ3v) is 4.24. The Bertz CT molecular complexity index is 958. The van der Waals surface area contributed by atoms with Gasteiger partial charge in [-0.25, -0.2) is 0 Å². The van der Waals surface area contributed by atoms with Gasteiger partial charge in [0, 0.05) is 23.6 Å². The highest BCUT2D eigenvalue weighted by Gasteiger charge is 2.19. The minimum absolute atomic E-state index is 0.0205. The number of furan rings is 1. The van der Waals surface area contributed by atoms with Crippen LogP contribution in [0.25, 0.3) is 11.0 Å². The third kappa shape index (κ3) is 4.67. The number of aryl methyl sites for hydroxylation is 1. The van der Waals surface area contributed by atoms with Crippen molar-refractivity contribution in [1.29, 1.82) is 0 Å². The maximum atomic E-state index is 12.2. The highest BCUT2D eigenvalue weighted by Crippen LogP contribution is 2.25. The zero-order valence-electron chi connectivity index (χ0n) is 15.2. The molecular formula is C21H21NO5. The average molecular weight is 367 g/mol. The van der Waals surface area contributed by atoms with Gasteiger partial charge in [-0.05, 0) is 31.5 Å². The predicted molar refractivity (Wildman–Crippen MR) is 100 cm³/mol. The predicted octanol–water partition coefficient (Wildman–Crippen LogP) is 3.24. The Morgan fingerprint density at radius 1 is 1.19 bits per heavy atom. The summed E-state index contributed by atoms with van der Waals surface area (Å²) in [4.78, 5) is 24.3. The summed E-state index contributed by atoms with van der Waals surface area (Å²) in [5, 5.41) is 12.9. The van der Waals surface area contributed by atoms with Crippen LogP contribution in [0.1, 0.15) is 23.6 Å². The van der Waals surface area contributed by atoms with E-state index >= 15 is 0 Å². The van der Waals surface area contributed by atoms with Gasteiger partial charge < -0.3 is 19.6 Å². The molecule has 0 aliphatic rings. The van der Waals surface area contributed by atoms with Crippen LogP contribution in [0.5, 0.6) is 5.75 Å². The van der Waals surface area contributed by atoms with Crippen molar-refractivity contribution >= 4 is 22.8 Å². The summed E-state index contributed by atoms with van der Waals surface area (Å²) in [7, 11) is 0. The van der Waals surface area contributed by atoms with Crippen molar-refractivity contribution in [3.05, 3.63) is 65.4 Å². The molecule has 3 aromatic rings. The molecule has 0 fully saturated rings. The molecule has 1 heterocycles. The van der Waals surface area contributed by atoms with E-state index in [9.17, 15) is 14.7 Å². The third-order valence-electron chi connectivity index (χ3n) is 4.24. The molecular weight excluding hydrogens is 346 g/mol. The average Bonchev–Trinajstić information content (AvgIpc) is 3.02. The summed E-state index contributed by atoms with van der Waals surface area (Å²) < 4.78 is 10.6. The number of esters is 1. The maximum Gasteiger partial charge on any atom is 0.311 e. The molecule has 1 amide bonds. The number of carbonyl (C=O) groups excluding carboxylic acids is 2. The van der Waals surface area contributed by atoms with E-state index < -0.39 is 12.1 Å². The maximum absolute atomic E-state index is 12.2. The first kappa shape index (κ1) is 18.5. The van der Waals surface area contributed by atoms with Crippen LogP contribution in [0, 0.1) is 6.92 Å². The van der Waals surface area contributed by atoms with Gasteiger partial charge in [-0.3, -0.25) is 9.59 Å². The number of phenolic OH excluding ortho intramolecular Hbond substituents is 1. The molecule has 2 aromatic carbocycles. The number of ether oxygens (including phenoxy) is 1. The number of carbonyl (C=O) groups is 2. The van der Waals surface area contributed by atoms with E-state index in [2.05, 4.69) is 5.32 Å². The lowest BCUT2D eigenvalue weighted by Gasteiger charge is -2.13. The van der Waals surface area contributed by atoms with Crippen LogP contribution in [0.4, 0.5) is 0 Å². The van der Waals surface area contributed by atoms with Crippen LogP contribution >= 0.6 is 0 Å². The molecule has 1 atom stereocenters. The Labute approximate surface area is 156 Å². The Balaban J connectivity index is 1.53. The molecule has 6 heteroatoms. The lowest BCUT2D eigenvalue weighted by atomic mass is 10.1. The molecule has 0 saturated carbocycles. The van der Waals surface area contributed by atoms with Crippen LogP contribution in [-0.2, 0) is 27.3 Å². The first-order valence-electron chi connectivity index (χ1n) is 8.64. The number of phenols is 1. The van der Waals surface area contributed by atoms with E-state index in [1.54, 1.807) is 6.07 Å². The van der Waals surface area contributed by atoms with E-state index in [-0.39, 0.29) is 18.1 Å². The van der Waals surface area contributed by atoms with Crippen molar-refractivity contribution in [1.82, 2.24) is 5.32 Å². The van der Waals surface area contributed by atoms with Gasteiger partial charge in [-0.1, -0.05) is 29.8 Å². The number of fused-ring (bicyclic) bond motifs is 1. The molecule has 27 heavy (non-hydrogen) atoms. The second kappa shape index (κ2) is 7.95. The van der Waals surface area contributed by atoms with E-state index in [4.69, 9.17) is 9.15 Å². The Morgan fingerprint density at radius 3 is 2.67 bits per heavy atom. The SMILES string of the molecule is Cc1ccc(CNC(=O)[C@H](C)OC(=O)Cc2coc3cc(O)ccc23)cc1. The number of hydrogen-bond acceptors (Lipinski definition) is 5. The normalized spacial score (nSPS) is 11.9. The fourth-order valence-electron chi connectivity index (χ4n) is 2.70. The minimum atomic E-state index is -0.898. The first-order valence-corrected chi connectivity index (χ1v) is 8.64. The Morgan fingerprint density at radius 2 is 1.93 bits per heavy atom. The smallest absolute Gasteiger partial charge is 0.311 e. The lowest BCUT2D eigenvalue weighted by Crippen LogP contribution is -2.35. The first-order chi connectivity index (χ1) is 12.9. The molecule has 2 N–H and O–H groups in total. The summed E-state index contributed by atoms with van der Waals surface area (Å²) in [5.74, 6) is -0.792. The Kier molecular flexibility index (Phi) is 5.45. The lowest BCUT2D eigenvalue weighted by molar-refractivity contribution is -0.154. The van der Waals surface area contributed by atoms with Gasteiger partial charge in [0.1, 0.15) is 11.3 Å². The summed E-state index contributed by atoms with van der Waals surface area (Å²) >= 11 is 0. The number of amides is 1. The fourth-order valence-corrected chi connectivity index (χ4v) is 2.70. The van der Waals surface area contributed by atoms with E-state index in [1.807, 2.05) is 31.2 Å². The van der Waals surface area contributed by atoms with Crippen LogP contribution in [0.2, 0.25) is 0 Å². The summed E-state index contributed by atoms with van der Waals surface area (Å²) in [6.07, 6.45) is 0.533. The topological polar surface area (TPSA) is 88.8 Å². The van der Waals surface area contributed by atoms with Gasteiger partial charge in [0.25, 0.3) is 5.91 Å². The summed E-state index contributed by atoms with van der Waals surface area (Å²) in [5.41, 5.74) is 3.25. The molecule has 0 radical (unpaired) electrons. The number of rotatable bonds is 6. The molecule has 0 spiro atoms. The van der Waals surface area contributed by atoms with Crippen LogP contribution in [0.3, 0.4) is 0 Å². The van der Waals surface area contributed by atoms with Gasteiger partial charge in [0.05, 0.1) is 12.7 Å². The molecule has 0 bridgehead atoms. The van der Waals surface area contributed by atoms with Crippen molar-refractivity contribution in [2.24, 2.45) is 0 Å². The molecule has 0 unspecified atom stereocenters.